The number of nitrogens with zero attached hydrogens (tertiary/aromatic N) is 4. The number of hydrogen-bond acceptors (Lipinski definition) is 4. The molecule has 1 aromatic heterocycles. The lowest BCUT2D eigenvalue weighted by molar-refractivity contribution is -0.134. The van der Waals surface area contributed by atoms with Gasteiger partial charge in [-0.25, -0.2) is 0 Å². The van der Waals surface area contributed by atoms with E-state index in [1.165, 1.54) is 27.8 Å². The molecule has 1 fully saturated rings. The molecular weight excluding hydrogens is 408 g/mol. The van der Waals surface area contributed by atoms with Gasteiger partial charge in [-0.1, -0.05) is 36.4 Å². The Morgan fingerprint density at radius 3 is 2.76 bits per heavy atom. The number of benzene rings is 2. The van der Waals surface area contributed by atoms with Crippen LogP contribution in [-0.4, -0.2) is 45.5 Å². The Bertz CT molecular complexity index is 1250. The van der Waals surface area contributed by atoms with Crippen molar-refractivity contribution in [2.45, 2.75) is 45.4 Å². The Labute approximate surface area is 194 Å². The van der Waals surface area contributed by atoms with E-state index in [2.05, 4.69) is 63.3 Å². The van der Waals surface area contributed by atoms with E-state index in [0.717, 1.165) is 43.0 Å². The van der Waals surface area contributed by atoms with Crippen LogP contribution in [0.2, 0.25) is 0 Å². The summed E-state index contributed by atoms with van der Waals surface area (Å²) < 4.78 is 0. The minimum absolute atomic E-state index is 0.262. The zero-order valence-corrected chi connectivity index (χ0v) is 19.0. The van der Waals surface area contributed by atoms with Crippen molar-refractivity contribution in [3.05, 3.63) is 99.9 Å². The number of hydrogen-bond donors (Lipinski definition) is 0. The molecule has 1 amide bonds. The van der Waals surface area contributed by atoms with E-state index in [4.69, 9.17) is 4.99 Å². The summed E-state index contributed by atoms with van der Waals surface area (Å²) in [6.07, 6.45) is 3.40. The molecule has 1 atom stereocenters. The summed E-state index contributed by atoms with van der Waals surface area (Å²) in [6, 6.07) is 19.6. The third kappa shape index (κ3) is 3.87. The molecule has 33 heavy (non-hydrogen) atoms. The van der Waals surface area contributed by atoms with Crippen LogP contribution in [0.5, 0.6) is 0 Å². The quantitative estimate of drug-likeness (QED) is 0.623. The molecule has 2 aromatic carbocycles. The molecule has 5 heteroatoms. The van der Waals surface area contributed by atoms with Gasteiger partial charge in [0.25, 0.3) is 0 Å². The number of likely N-dealkylation sites (tertiary alicyclic amines) is 1. The number of aliphatic imine (C=N–C) groups is 1. The number of carbonyl (C=O) groups excluding carboxylic acids is 1. The first-order valence-electron chi connectivity index (χ1n) is 11.8. The van der Waals surface area contributed by atoms with Crippen LogP contribution in [0.1, 0.15) is 45.5 Å². The minimum Gasteiger partial charge on any atom is -0.334 e. The number of fused-ring (bicyclic) bond motifs is 2. The van der Waals surface area contributed by atoms with Crippen LogP contribution in [-0.2, 0) is 30.8 Å². The van der Waals surface area contributed by atoms with Gasteiger partial charge in [-0.05, 0) is 53.8 Å². The van der Waals surface area contributed by atoms with E-state index >= 15 is 0 Å². The van der Waals surface area contributed by atoms with Crippen molar-refractivity contribution in [3.63, 3.8) is 0 Å². The molecule has 3 aromatic rings. The number of pyridine rings is 1. The number of carbonyl (C=O) groups is 1. The number of rotatable bonds is 4. The Morgan fingerprint density at radius 1 is 1.03 bits per heavy atom. The van der Waals surface area contributed by atoms with Crippen LogP contribution in [0, 0.1) is 6.92 Å². The zero-order chi connectivity index (χ0) is 22.4. The molecule has 0 spiro atoms. The molecule has 166 valence electrons. The second-order valence-electron chi connectivity index (χ2n) is 9.49. The minimum atomic E-state index is 0.262. The maximum Gasteiger partial charge on any atom is 0.227 e. The Kier molecular flexibility index (Phi) is 5.07. The highest BCUT2D eigenvalue weighted by atomic mass is 16.2. The number of aromatic nitrogens is 1. The standard InChI is InChI=1S/C28H28N4O/c1-19-11-21(7-9-29-19)28-26-13-24-17-32(27(33)14-22(24)12-23(26)15-30-28)25-8-10-31(18-25)16-20-5-3-2-4-6-20/h2-7,9,11-13,25H,8,10,14-18H2,1H3/t25-/m0/s1. The third-order valence-corrected chi connectivity index (χ3v) is 7.20. The van der Waals surface area contributed by atoms with Crippen molar-refractivity contribution in [1.82, 2.24) is 14.8 Å². The summed E-state index contributed by atoms with van der Waals surface area (Å²) in [5.74, 6) is 0.262. The maximum atomic E-state index is 13.1. The fraction of sp³-hybridized carbons (Fsp3) is 0.321. The lowest BCUT2D eigenvalue weighted by Gasteiger charge is -2.34. The molecule has 3 aliphatic rings. The van der Waals surface area contributed by atoms with Crippen molar-refractivity contribution in [3.8, 4) is 0 Å². The highest BCUT2D eigenvalue weighted by Gasteiger charge is 2.34. The van der Waals surface area contributed by atoms with Gasteiger partial charge in [0.05, 0.1) is 18.7 Å². The van der Waals surface area contributed by atoms with Crippen molar-refractivity contribution in [2.24, 2.45) is 4.99 Å². The van der Waals surface area contributed by atoms with Gasteiger partial charge < -0.3 is 4.90 Å². The first-order chi connectivity index (χ1) is 16.1. The van der Waals surface area contributed by atoms with Crippen molar-refractivity contribution in [2.75, 3.05) is 13.1 Å². The second-order valence-corrected chi connectivity index (χ2v) is 9.49. The molecule has 0 radical (unpaired) electrons. The van der Waals surface area contributed by atoms with E-state index in [-0.39, 0.29) is 5.91 Å². The predicted octanol–water partition coefficient (Wildman–Crippen LogP) is 3.90. The van der Waals surface area contributed by atoms with E-state index < -0.39 is 0 Å². The zero-order valence-electron chi connectivity index (χ0n) is 19.0. The largest absolute Gasteiger partial charge is 0.334 e. The van der Waals surface area contributed by atoms with Crippen molar-refractivity contribution >= 4 is 11.6 Å². The molecule has 0 bridgehead atoms. The van der Waals surface area contributed by atoms with Crippen molar-refractivity contribution < 1.29 is 4.79 Å². The SMILES string of the molecule is Cc1cc(C2=NCc3cc4c(cc32)CN([C@H]2CCN(Cc3ccccc3)C2)C(=O)C4)ccn1. The summed E-state index contributed by atoms with van der Waals surface area (Å²) in [6.45, 7) is 6.35. The fourth-order valence-electron chi connectivity index (χ4n) is 5.51. The monoisotopic (exact) mass is 436 g/mol. The summed E-state index contributed by atoms with van der Waals surface area (Å²) in [5, 5.41) is 0. The molecular formula is C28H28N4O. The summed E-state index contributed by atoms with van der Waals surface area (Å²) in [7, 11) is 0. The molecule has 4 heterocycles. The first kappa shape index (κ1) is 20.3. The molecule has 6 rings (SSSR count). The Balaban J connectivity index is 1.22. The van der Waals surface area contributed by atoms with Crippen LogP contribution in [0.4, 0.5) is 0 Å². The topological polar surface area (TPSA) is 48.8 Å². The summed E-state index contributed by atoms with van der Waals surface area (Å²) in [5.41, 5.74) is 9.41. The Hall–Kier alpha value is -3.31. The Morgan fingerprint density at radius 2 is 1.91 bits per heavy atom. The normalized spacial score (nSPS) is 20.0. The van der Waals surface area contributed by atoms with Crippen LogP contribution in [0.15, 0.2) is 65.8 Å². The molecule has 0 aliphatic carbocycles. The average Bonchev–Trinajstić information content (AvgIpc) is 3.45. The van der Waals surface area contributed by atoms with Crippen LogP contribution in [0.25, 0.3) is 0 Å². The smallest absolute Gasteiger partial charge is 0.227 e. The molecule has 0 saturated carbocycles. The van der Waals surface area contributed by atoms with E-state index in [9.17, 15) is 4.79 Å². The molecule has 3 aliphatic heterocycles. The maximum absolute atomic E-state index is 13.1. The summed E-state index contributed by atoms with van der Waals surface area (Å²) >= 11 is 0. The molecule has 0 N–H and O–H groups in total. The lowest BCUT2D eigenvalue weighted by atomic mass is 9.90. The van der Waals surface area contributed by atoms with Gasteiger partial charge in [0.15, 0.2) is 0 Å². The van der Waals surface area contributed by atoms with E-state index in [1.807, 2.05) is 19.2 Å². The van der Waals surface area contributed by atoms with Gasteiger partial charge in [0.2, 0.25) is 5.91 Å². The molecule has 1 saturated heterocycles. The van der Waals surface area contributed by atoms with Crippen LogP contribution in [0.3, 0.4) is 0 Å². The van der Waals surface area contributed by atoms with Gasteiger partial charge in [0, 0.05) is 55.2 Å². The van der Waals surface area contributed by atoms with Crippen LogP contribution < -0.4 is 0 Å². The predicted molar refractivity (Wildman–Crippen MR) is 129 cm³/mol. The van der Waals surface area contributed by atoms with Gasteiger partial charge in [0.1, 0.15) is 0 Å². The van der Waals surface area contributed by atoms with Gasteiger partial charge in [-0.2, -0.15) is 0 Å². The number of amides is 1. The van der Waals surface area contributed by atoms with Gasteiger partial charge in [-0.3, -0.25) is 19.7 Å². The van der Waals surface area contributed by atoms with E-state index in [1.54, 1.807) is 0 Å². The molecule has 5 nitrogen and oxygen atoms in total. The van der Waals surface area contributed by atoms with Gasteiger partial charge in [-0.15, -0.1) is 0 Å². The van der Waals surface area contributed by atoms with Gasteiger partial charge >= 0.3 is 0 Å². The summed E-state index contributed by atoms with van der Waals surface area (Å²) in [4.78, 5) is 26.9. The molecule has 0 unspecified atom stereocenters. The second kappa shape index (κ2) is 8.23. The van der Waals surface area contributed by atoms with Crippen LogP contribution >= 0.6 is 0 Å². The third-order valence-electron chi connectivity index (χ3n) is 7.20. The van der Waals surface area contributed by atoms with E-state index in [0.29, 0.717) is 25.6 Å². The lowest BCUT2D eigenvalue weighted by Crippen LogP contribution is -2.44. The number of aryl methyl sites for hydroxylation is 1. The fourth-order valence-corrected chi connectivity index (χ4v) is 5.51. The average molecular weight is 437 g/mol. The highest BCUT2D eigenvalue weighted by molar-refractivity contribution is 6.15. The first-order valence-corrected chi connectivity index (χ1v) is 11.8. The van der Waals surface area contributed by atoms with Crippen molar-refractivity contribution in [1.29, 1.82) is 0 Å². The highest BCUT2D eigenvalue weighted by Crippen LogP contribution is 2.32.